The summed E-state index contributed by atoms with van der Waals surface area (Å²) < 4.78 is 0. The molecule has 0 saturated carbocycles. The summed E-state index contributed by atoms with van der Waals surface area (Å²) in [5, 5.41) is 8.17. The Balaban J connectivity index is 0.000000112. The highest BCUT2D eigenvalue weighted by Crippen LogP contribution is 2.05. The van der Waals surface area contributed by atoms with Crippen LogP contribution < -0.4 is 0 Å². The highest BCUT2D eigenvalue weighted by atomic mass is 32.1. The zero-order valence-electron chi connectivity index (χ0n) is 8.71. The third-order valence-electron chi connectivity index (χ3n) is 1.76. The van der Waals surface area contributed by atoms with E-state index in [9.17, 15) is 0 Å². The lowest BCUT2D eigenvalue weighted by Crippen LogP contribution is -1.50. The minimum atomic E-state index is 1.32. The molecule has 3 rings (SSSR count). The molecule has 15 heavy (non-hydrogen) atoms. The quantitative estimate of drug-likeness (QED) is 0.550. The van der Waals surface area contributed by atoms with E-state index < -0.39 is 0 Å². The predicted molar refractivity (Wildman–Crippen MR) is 71.6 cm³/mol. The average Bonchev–Trinajstić information content (AvgIpc) is 3.09. The van der Waals surface area contributed by atoms with Gasteiger partial charge in [0.15, 0.2) is 0 Å². The number of hydrogen-bond acceptors (Lipinski definition) is 2. The van der Waals surface area contributed by atoms with Crippen molar-refractivity contribution in [3.8, 4) is 0 Å². The fraction of sp³-hybridized carbons (Fsp3) is 0.231. The van der Waals surface area contributed by atoms with E-state index in [1.165, 1.54) is 19.3 Å². The van der Waals surface area contributed by atoms with Gasteiger partial charge in [0.2, 0.25) is 0 Å². The number of thiophene rings is 2. The minimum absolute atomic E-state index is 1.32. The van der Waals surface area contributed by atoms with Crippen LogP contribution in [0.3, 0.4) is 0 Å². The van der Waals surface area contributed by atoms with Crippen molar-refractivity contribution < 1.29 is 0 Å². The van der Waals surface area contributed by atoms with E-state index in [4.69, 9.17) is 0 Å². The van der Waals surface area contributed by atoms with Crippen LogP contribution in [0.25, 0.3) is 0 Å². The van der Waals surface area contributed by atoms with Gasteiger partial charge in [0.25, 0.3) is 0 Å². The molecule has 2 heteroatoms. The highest BCUT2D eigenvalue weighted by molar-refractivity contribution is 7.08. The van der Waals surface area contributed by atoms with Crippen LogP contribution in [0.5, 0.6) is 0 Å². The Kier molecular flexibility index (Phi) is 7.88. The lowest BCUT2D eigenvalue weighted by Gasteiger charge is -1.69. The molecule has 2 heterocycles. The van der Waals surface area contributed by atoms with Crippen LogP contribution in [0.1, 0.15) is 19.3 Å². The van der Waals surface area contributed by atoms with Gasteiger partial charge in [0, 0.05) is 0 Å². The van der Waals surface area contributed by atoms with E-state index in [-0.39, 0.29) is 0 Å². The lowest BCUT2D eigenvalue weighted by atomic mass is 10.4. The first-order chi connectivity index (χ1) is 7.50. The third-order valence-corrected chi connectivity index (χ3v) is 3.02. The molecule has 0 N–H and O–H groups in total. The van der Waals surface area contributed by atoms with Crippen molar-refractivity contribution in [1.82, 2.24) is 0 Å². The summed E-state index contributed by atoms with van der Waals surface area (Å²) in [5.41, 5.74) is 0. The van der Waals surface area contributed by atoms with E-state index >= 15 is 0 Å². The first-order valence-corrected chi connectivity index (χ1v) is 6.98. The second-order valence-corrected chi connectivity index (χ2v) is 4.62. The zero-order chi connectivity index (χ0) is 10.6. The Morgan fingerprint density at radius 3 is 1.13 bits per heavy atom. The average molecular weight is 236 g/mol. The van der Waals surface area contributed by atoms with Gasteiger partial charge in [0.05, 0.1) is 0 Å². The first-order valence-electron chi connectivity index (χ1n) is 5.09. The van der Waals surface area contributed by atoms with Gasteiger partial charge in [0.1, 0.15) is 0 Å². The lowest BCUT2D eigenvalue weighted by molar-refractivity contribution is 0.929. The summed E-state index contributed by atoms with van der Waals surface area (Å²) in [7, 11) is 0. The smallest absolute Gasteiger partial charge is 0.00934 e. The molecule has 2 aromatic rings. The second-order valence-electron chi connectivity index (χ2n) is 2.99. The SMILES string of the molecule is C1=CCCC1.c1ccsc1.c1ccsc1. The van der Waals surface area contributed by atoms with Crippen molar-refractivity contribution in [1.29, 1.82) is 0 Å². The van der Waals surface area contributed by atoms with Crippen LogP contribution in [-0.4, -0.2) is 0 Å². The van der Waals surface area contributed by atoms with Gasteiger partial charge in [-0.3, -0.25) is 0 Å². The van der Waals surface area contributed by atoms with Crippen LogP contribution in [-0.2, 0) is 0 Å². The van der Waals surface area contributed by atoms with Gasteiger partial charge >= 0.3 is 0 Å². The molecular formula is C13H16S2. The first kappa shape index (κ1) is 12.2. The monoisotopic (exact) mass is 236 g/mol. The predicted octanol–water partition coefficient (Wildman–Crippen LogP) is 5.22. The molecule has 0 unspecified atom stereocenters. The summed E-state index contributed by atoms with van der Waals surface area (Å²) in [6.07, 6.45) is 8.50. The third kappa shape index (κ3) is 8.16. The Morgan fingerprint density at radius 1 is 0.600 bits per heavy atom. The van der Waals surface area contributed by atoms with Crippen LogP contribution >= 0.6 is 22.7 Å². The van der Waals surface area contributed by atoms with E-state index in [0.717, 1.165) is 0 Å². The summed E-state index contributed by atoms with van der Waals surface area (Å²) in [5.74, 6) is 0. The maximum absolute atomic E-state index is 2.24. The van der Waals surface area contributed by atoms with Gasteiger partial charge in [-0.1, -0.05) is 36.4 Å². The molecule has 80 valence electrons. The molecule has 0 spiro atoms. The summed E-state index contributed by atoms with van der Waals surface area (Å²) in [6, 6.07) is 8.07. The molecule has 0 radical (unpaired) electrons. The van der Waals surface area contributed by atoms with Gasteiger partial charge in [-0.25, -0.2) is 0 Å². The second kappa shape index (κ2) is 9.69. The van der Waals surface area contributed by atoms with E-state index in [2.05, 4.69) is 12.2 Å². The van der Waals surface area contributed by atoms with Crippen molar-refractivity contribution in [3.05, 3.63) is 57.9 Å². The van der Waals surface area contributed by atoms with Crippen molar-refractivity contribution in [3.63, 3.8) is 0 Å². The Morgan fingerprint density at radius 2 is 1.00 bits per heavy atom. The van der Waals surface area contributed by atoms with Gasteiger partial charge in [-0.15, -0.1) is 0 Å². The molecule has 1 aliphatic rings. The fourth-order valence-electron chi connectivity index (χ4n) is 1.04. The fourth-order valence-corrected chi connectivity index (χ4v) is 1.95. The zero-order valence-corrected chi connectivity index (χ0v) is 10.3. The standard InChI is InChI=1S/C5H8.2C4H4S/c3*1-2-4-5-3-1/h1-2H,3-5H2;2*1-4H. The van der Waals surface area contributed by atoms with Crippen LogP contribution in [0.2, 0.25) is 0 Å². The van der Waals surface area contributed by atoms with Gasteiger partial charge in [-0.2, -0.15) is 22.7 Å². The minimum Gasteiger partial charge on any atom is -0.152 e. The van der Waals surface area contributed by atoms with Crippen molar-refractivity contribution in [2.75, 3.05) is 0 Å². The molecule has 2 aromatic heterocycles. The Hall–Kier alpha value is -0.860. The molecular weight excluding hydrogens is 220 g/mol. The van der Waals surface area contributed by atoms with Crippen LogP contribution in [0, 0.1) is 0 Å². The number of hydrogen-bond donors (Lipinski definition) is 0. The Labute approximate surface area is 99.9 Å². The van der Waals surface area contributed by atoms with Crippen molar-refractivity contribution in [2.24, 2.45) is 0 Å². The molecule has 0 aliphatic heterocycles. The van der Waals surface area contributed by atoms with E-state index in [1.54, 1.807) is 22.7 Å². The number of allylic oxidation sites excluding steroid dienone is 2. The Bertz CT molecular complexity index is 239. The van der Waals surface area contributed by atoms with Crippen LogP contribution in [0.15, 0.2) is 57.9 Å². The molecule has 0 atom stereocenters. The summed E-state index contributed by atoms with van der Waals surface area (Å²) in [4.78, 5) is 0. The highest BCUT2D eigenvalue weighted by Gasteiger charge is 1.84. The summed E-state index contributed by atoms with van der Waals surface area (Å²) >= 11 is 3.43. The molecule has 0 amide bonds. The van der Waals surface area contributed by atoms with Crippen molar-refractivity contribution >= 4 is 22.7 Å². The van der Waals surface area contributed by atoms with Crippen LogP contribution in [0.4, 0.5) is 0 Å². The van der Waals surface area contributed by atoms with E-state index in [1.807, 2.05) is 45.8 Å². The molecule has 0 nitrogen and oxygen atoms in total. The maximum atomic E-state index is 2.24. The molecule has 1 aliphatic carbocycles. The summed E-state index contributed by atoms with van der Waals surface area (Å²) in [6.45, 7) is 0. The largest absolute Gasteiger partial charge is 0.152 e. The molecule has 0 fully saturated rings. The molecule has 0 saturated heterocycles. The van der Waals surface area contributed by atoms with Gasteiger partial charge < -0.3 is 0 Å². The maximum Gasteiger partial charge on any atom is -0.00934 e. The molecule has 0 aromatic carbocycles. The van der Waals surface area contributed by atoms with Crippen molar-refractivity contribution in [2.45, 2.75) is 19.3 Å². The topological polar surface area (TPSA) is 0 Å². The normalized spacial score (nSPS) is 12.3. The molecule has 0 bridgehead atoms. The van der Waals surface area contributed by atoms with E-state index in [0.29, 0.717) is 0 Å². The number of rotatable bonds is 0. The van der Waals surface area contributed by atoms with Gasteiger partial charge in [-0.05, 0) is 40.8 Å².